The molecule has 0 amide bonds. The minimum absolute atomic E-state index is 0.197. The van der Waals surface area contributed by atoms with Gasteiger partial charge in [0.2, 0.25) is 11.7 Å². The fourth-order valence-corrected chi connectivity index (χ4v) is 2.30. The van der Waals surface area contributed by atoms with Crippen molar-refractivity contribution < 1.29 is 13.7 Å². The molecule has 21 heavy (non-hydrogen) atoms. The Balaban J connectivity index is 1.73. The van der Waals surface area contributed by atoms with Gasteiger partial charge in [-0.1, -0.05) is 5.16 Å². The van der Waals surface area contributed by atoms with Gasteiger partial charge in [-0.25, -0.2) is 4.39 Å². The third kappa shape index (κ3) is 3.20. The lowest BCUT2D eigenvalue weighted by molar-refractivity contribution is 0.203. The first-order chi connectivity index (χ1) is 10.3. The number of nitrogens with zero attached hydrogens (tertiary/aromatic N) is 3. The lowest BCUT2D eigenvalue weighted by Gasteiger charge is -2.25. The van der Waals surface area contributed by atoms with E-state index < -0.39 is 5.82 Å². The van der Waals surface area contributed by atoms with Crippen molar-refractivity contribution in [3.63, 3.8) is 0 Å². The number of hydrogen-bond donors (Lipinski definition) is 1. The molecule has 1 aromatic carbocycles. The van der Waals surface area contributed by atoms with Gasteiger partial charge in [0.05, 0.1) is 13.7 Å². The molecule has 0 radical (unpaired) electrons. The summed E-state index contributed by atoms with van der Waals surface area (Å²) >= 11 is 0. The average Bonchev–Trinajstić information content (AvgIpc) is 2.97. The highest BCUT2D eigenvalue weighted by molar-refractivity contribution is 5.56. The van der Waals surface area contributed by atoms with Gasteiger partial charge in [0, 0.05) is 31.7 Å². The summed E-state index contributed by atoms with van der Waals surface area (Å²) in [6.45, 7) is 4.45. The van der Waals surface area contributed by atoms with Gasteiger partial charge in [-0.2, -0.15) is 4.98 Å². The maximum absolute atomic E-state index is 13.7. The molecule has 0 atom stereocenters. The number of methoxy groups -OCH3 is 1. The minimum Gasteiger partial charge on any atom is -0.494 e. The Morgan fingerprint density at radius 2 is 2.19 bits per heavy atom. The molecule has 0 aliphatic carbocycles. The molecule has 2 aromatic rings. The lowest BCUT2D eigenvalue weighted by atomic mass is 10.2. The molecule has 1 saturated heterocycles. The van der Waals surface area contributed by atoms with Crippen LogP contribution in [-0.2, 0) is 6.54 Å². The van der Waals surface area contributed by atoms with Crippen LogP contribution >= 0.6 is 0 Å². The zero-order valence-electron chi connectivity index (χ0n) is 11.8. The first kappa shape index (κ1) is 14.0. The van der Waals surface area contributed by atoms with Crippen LogP contribution in [0, 0.1) is 5.82 Å². The fourth-order valence-electron chi connectivity index (χ4n) is 2.30. The van der Waals surface area contributed by atoms with Crippen molar-refractivity contribution in [1.29, 1.82) is 0 Å². The minimum atomic E-state index is -0.441. The molecule has 0 saturated carbocycles. The highest BCUT2D eigenvalue weighted by Gasteiger charge is 2.16. The second kappa shape index (κ2) is 6.19. The number of benzene rings is 1. The SMILES string of the molecule is COc1ccc(-c2noc(CN3CCNCC3)n2)cc1F. The quantitative estimate of drug-likeness (QED) is 0.916. The molecule has 112 valence electrons. The predicted octanol–water partition coefficient (Wildman–Crippen LogP) is 1.29. The van der Waals surface area contributed by atoms with Crippen LogP contribution in [0.2, 0.25) is 0 Å². The first-order valence-electron chi connectivity index (χ1n) is 6.86. The standard InChI is InChI=1S/C14H17FN4O2/c1-20-12-3-2-10(8-11(12)15)14-17-13(21-18-14)9-19-6-4-16-5-7-19/h2-3,8,16H,4-7,9H2,1H3. The zero-order chi connectivity index (χ0) is 14.7. The summed E-state index contributed by atoms with van der Waals surface area (Å²) in [6.07, 6.45) is 0. The number of halogens is 1. The second-order valence-electron chi connectivity index (χ2n) is 4.89. The van der Waals surface area contributed by atoms with E-state index in [2.05, 4.69) is 20.4 Å². The molecule has 1 aliphatic heterocycles. The third-order valence-corrected chi connectivity index (χ3v) is 3.45. The van der Waals surface area contributed by atoms with Gasteiger partial charge in [-0.15, -0.1) is 0 Å². The van der Waals surface area contributed by atoms with E-state index in [-0.39, 0.29) is 5.75 Å². The number of ether oxygens (including phenoxy) is 1. The molecule has 0 bridgehead atoms. The van der Waals surface area contributed by atoms with Crippen molar-refractivity contribution in [1.82, 2.24) is 20.4 Å². The van der Waals surface area contributed by atoms with E-state index in [9.17, 15) is 4.39 Å². The molecule has 2 heterocycles. The van der Waals surface area contributed by atoms with Crippen LogP contribution in [0.15, 0.2) is 22.7 Å². The van der Waals surface area contributed by atoms with Gasteiger partial charge in [-0.3, -0.25) is 4.90 Å². The second-order valence-corrected chi connectivity index (χ2v) is 4.89. The summed E-state index contributed by atoms with van der Waals surface area (Å²) in [7, 11) is 1.43. The number of hydrogen-bond acceptors (Lipinski definition) is 6. The van der Waals surface area contributed by atoms with Crippen LogP contribution in [0.1, 0.15) is 5.89 Å². The van der Waals surface area contributed by atoms with E-state index in [1.54, 1.807) is 12.1 Å². The molecule has 1 aromatic heterocycles. The summed E-state index contributed by atoms with van der Waals surface area (Å²) in [5, 5.41) is 7.20. The molecule has 1 aliphatic rings. The van der Waals surface area contributed by atoms with Crippen LogP contribution in [0.5, 0.6) is 5.75 Å². The Bertz CT molecular complexity index is 611. The maximum Gasteiger partial charge on any atom is 0.241 e. The Morgan fingerprint density at radius 1 is 1.38 bits per heavy atom. The van der Waals surface area contributed by atoms with E-state index in [4.69, 9.17) is 9.26 Å². The lowest BCUT2D eigenvalue weighted by Crippen LogP contribution is -2.42. The van der Waals surface area contributed by atoms with E-state index in [0.29, 0.717) is 23.8 Å². The molecule has 6 nitrogen and oxygen atoms in total. The molecule has 1 N–H and O–H groups in total. The first-order valence-corrected chi connectivity index (χ1v) is 6.86. The Labute approximate surface area is 121 Å². The highest BCUT2D eigenvalue weighted by atomic mass is 19.1. The maximum atomic E-state index is 13.7. The van der Waals surface area contributed by atoms with Gasteiger partial charge in [-0.05, 0) is 18.2 Å². The third-order valence-electron chi connectivity index (χ3n) is 3.45. The topological polar surface area (TPSA) is 63.4 Å². The summed E-state index contributed by atoms with van der Waals surface area (Å²) in [6, 6.07) is 4.61. The van der Waals surface area contributed by atoms with Crippen LogP contribution < -0.4 is 10.1 Å². The number of aromatic nitrogens is 2. The Morgan fingerprint density at radius 3 is 2.90 bits per heavy atom. The van der Waals surface area contributed by atoms with Crippen LogP contribution in [0.4, 0.5) is 4.39 Å². The Kier molecular flexibility index (Phi) is 4.12. The van der Waals surface area contributed by atoms with Crippen molar-refractivity contribution in [3.05, 3.63) is 29.9 Å². The van der Waals surface area contributed by atoms with E-state index >= 15 is 0 Å². The summed E-state index contributed by atoms with van der Waals surface area (Å²) < 4.78 is 23.8. The van der Waals surface area contributed by atoms with E-state index in [1.807, 2.05) is 0 Å². The fraction of sp³-hybridized carbons (Fsp3) is 0.429. The summed E-state index contributed by atoms with van der Waals surface area (Å²) in [5.74, 6) is 0.691. The molecular weight excluding hydrogens is 275 g/mol. The van der Waals surface area contributed by atoms with Gasteiger partial charge in [0.1, 0.15) is 0 Å². The highest BCUT2D eigenvalue weighted by Crippen LogP contribution is 2.23. The van der Waals surface area contributed by atoms with Crippen molar-refractivity contribution in [2.75, 3.05) is 33.3 Å². The van der Waals surface area contributed by atoms with Crippen molar-refractivity contribution in [2.45, 2.75) is 6.54 Å². The Hall–Kier alpha value is -1.99. The average molecular weight is 292 g/mol. The van der Waals surface area contributed by atoms with E-state index in [0.717, 1.165) is 26.2 Å². The smallest absolute Gasteiger partial charge is 0.241 e. The summed E-state index contributed by atoms with van der Waals surface area (Å²) in [5.41, 5.74) is 0.573. The molecular formula is C14H17FN4O2. The van der Waals surface area contributed by atoms with Crippen molar-refractivity contribution >= 4 is 0 Å². The predicted molar refractivity (Wildman–Crippen MR) is 74.4 cm³/mol. The number of rotatable bonds is 4. The van der Waals surface area contributed by atoms with Crippen LogP contribution in [0.3, 0.4) is 0 Å². The van der Waals surface area contributed by atoms with E-state index in [1.165, 1.54) is 13.2 Å². The van der Waals surface area contributed by atoms with Gasteiger partial charge in [0.25, 0.3) is 0 Å². The molecule has 0 unspecified atom stereocenters. The monoisotopic (exact) mass is 292 g/mol. The van der Waals surface area contributed by atoms with Crippen LogP contribution in [0.25, 0.3) is 11.4 Å². The molecule has 3 rings (SSSR count). The summed E-state index contributed by atoms with van der Waals surface area (Å²) in [4.78, 5) is 6.56. The molecule has 0 spiro atoms. The largest absolute Gasteiger partial charge is 0.494 e. The normalized spacial score (nSPS) is 16.1. The number of nitrogens with one attached hydrogen (secondary N) is 1. The van der Waals surface area contributed by atoms with Crippen molar-refractivity contribution in [3.8, 4) is 17.1 Å². The van der Waals surface area contributed by atoms with Crippen molar-refractivity contribution in [2.24, 2.45) is 0 Å². The molecule has 7 heteroatoms. The van der Waals surface area contributed by atoms with Gasteiger partial charge in [0.15, 0.2) is 11.6 Å². The zero-order valence-corrected chi connectivity index (χ0v) is 11.8. The number of piperazine rings is 1. The van der Waals surface area contributed by atoms with Gasteiger partial charge >= 0.3 is 0 Å². The van der Waals surface area contributed by atoms with Gasteiger partial charge < -0.3 is 14.6 Å². The van der Waals surface area contributed by atoms with Crippen LogP contribution in [-0.4, -0.2) is 48.3 Å². The molecule has 1 fully saturated rings.